The van der Waals surface area contributed by atoms with Gasteiger partial charge in [-0.2, -0.15) is 5.01 Å². The first-order valence-electron chi connectivity index (χ1n) is 10.3. The predicted molar refractivity (Wildman–Crippen MR) is 107 cm³/mol. The van der Waals surface area contributed by atoms with Crippen molar-refractivity contribution >= 4 is 17.7 Å². The van der Waals surface area contributed by atoms with Gasteiger partial charge in [0.25, 0.3) is 0 Å². The highest BCUT2D eigenvalue weighted by Gasteiger charge is 2.52. The first kappa shape index (κ1) is 19.7. The predicted octanol–water partition coefficient (Wildman–Crippen LogP) is 0.787. The average molecular weight is 396 g/mol. The Bertz CT molecular complexity index is 586. The summed E-state index contributed by atoms with van der Waals surface area (Å²) < 4.78 is 0. The van der Waals surface area contributed by atoms with Crippen LogP contribution >= 0.6 is 11.8 Å². The van der Waals surface area contributed by atoms with Crippen molar-refractivity contribution in [3.8, 4) is 0 Å². The highest BCUT2D eigenvalue weighted by Crippen LogP contribution is 2.34. The molecule has 1 amide bonds. The Morgan fingerprint density at radius 3 is 2.93 bits per heavy atom. The molecule has 7 nitrogen and oxygen atoms in total. The van der Waals surface area contributed by atoms with E-state index in [2.05, 4.69) is 39.4 Å². The van der Waals surface area contributed by atoms with Crippen molar-refractivity contribution in [2.24, 2.45) is 5.92 Å². The Hall–Kier alpha value is -0.640. The molecule has 0 aromatic rings. The van der Waals surface area contributed by atoms with Crippen molar-refractivity contribution in [3.05, 3.63) is 12.2 Å². The number of thioether (sulfide) groups is 1. The summed E-state index contributed by atoms with van der Waals surface area (Å²) in [6.45, 7) is 3.29. The van der Waals surface area contributed by atoms with E-state index in [-0.39, 0.29) is 35.7 Å². The van der Waals surface area contributed by atoms with E-state index >= 15 is 0 Å². The van der Waals surface area contributed by atoms with Gasteiger partial charge in [0.15, 0.2) is 0 Å². The number of hydrazine groups is 1. The summed E-state index contributed by atoms with van der Waals surface area (Å²) in [5, 5.41) is 26.0. The SMILES string of the molecule is CSC1NCC2C(=O)N3C/C=C\CCCC(C)(O)C4CCCC(N4)N3C2N1. The van der Waals surface area contributed by atoms with Crippen LogP contribution in [0.5, 0.6) is 0 Å². The van der Waals surface area contributed by atoms with Gasteiger partial charge < -0.3 is 5.11 Å². The van der Waals surface area contributed by atoms with E-state index in [1.54, 1.807) is 11.8 Å². The minimum Gasteiger partial charge on any atom is -0.389 e. The summed E-state index contributed by atoms with van der Waals surface area (Å²) in [6.07, 6.45) is 12.1. The molecule has 4 heterocycles. The van der Waals surface area contributed by atoms with E-state index < -0.39 is 5.60 Å². The number of rotatable bonds is 1. The Balaban J connectivity index is 1.65. The second kappa shape index (κ2) is 8.00. The summed E-state index contributed by atoms with van der Waals surface area (Å²) >= 11 is 1.73. The molecule has 2 bridgehead atoms. The molecule has 4 aliphatic heterocycles. The minimum absolute atomic E-state index is 0.00580. The summed E-state index contributed by atoms with van der Waals surface area (Å²) in [5.41, 5.74) is -0.568. The van der Waals surface area contributed by atoms with E-state index in [1.165, 1.54) is 0 Å². The number of aliphatic hydroxyl groups is 1. The molecule has 4 rings (SSSR count). The van der Waals surface area contributed by atoms with Gasteiger partial charge in [0, 0.05) is 12.6 Å². The largest absolute Gasteiger partial charge is 0.389 e. The molecule has 8 heteroatoms. The van der Waals surface area contributed by atoms with Crippen LogP contribution in [-0.4, -0.2) is 69.8 Å². The molecule has 3 fully saturated rings. The summed E-state index contributed by atoms with van der Waals surface area (Å²) in [5.74, 6) is 0.117. The Kier molecular flexibility index (Phi) is 5.83. The molecule has 6 unspecified atom stereocenters. The zero-order chi connectivity index (χ0) is 19.0. The molecule has 3 saturated heterocycles. The molecule has 0 aromatic heterocycles. The average Bonchev–Trinajstić information content (AvgIpc) is 2.95. The fourth-order valence-corrected chi connectivity index (χ4v) is 5.51. The van der Waals surface area contributed by atoms with Crippen LogP contribution < -0.4 is 16.0 Å². The zero-order valence-corrected chi connectivity index (χ0v) is 17.2. The van der Waals surface area contributed by atoms with E-state index in [9.17, 15) is 9.90 Å². The third-order valence-electron chi connectivity index (χ3n) is 6.53. The summed E-state index contributed by atoms with van der Waals surface area (Å²) in [4.78, 5) is 13.2. The number of amides is 1. The van der Waals surface area contributed by atoms with Crippen LogP contribution in [0.4, 0.5) is 0 Å². The van der Waals surface area contributed by atoms with Gasteiger partial charge in [-0.15, -0.1) is 11.8 Å². The first-order valence-corrected chi connectivity index (χ1v) is 11.6. The lowest BCUT2D eigenvalue weighted by atomic mass is 9.84. The Labute approximate surface area is 166 Å². The van der Waals surface area contributed by atoms with Gasteiger partial charge in [-0.3, -0.25) is 25.8 Å². The Morgan fingerprint density at radius 1 is 1.26 bits per heavy atom. The first-order chi connectivity index (χ1) is 13.0. The van der Waals surface area contributed by atoms with E-state index in [4.69, 9.17) is 0 Å². The topological polar surface area (TPSA) is 79.9 Å². The number of carbonyl (C=O) groups excluding carboxylic acids is 1. The van der Waals surface area contributed by atoms with Crippen molar-refractivity contribution < 1.29 is 9.90 Å². The van der Waals surface area contributed by atoms with E-state index in [1.807, 2.05) is 11.9 Å². The molecule has 4 aliphatic rings. The normalized spacial score (nSPS) is 44.8. The maximum absolute atomic E-state index is 13.2. The van der Waals surface area contributed by atoms with Gasteiger partial charge in [-0.05, 0) is 51.7 Å². The number of hydrogen-bond donors (Lipinski definition) is 4. The number of fused-ring (bicyclic) bond motifs is 6. The van der Waals surface area contributed by atoms with Gasteiger partial charge in [-0.1, -0.05) is 12.2 Å². The number of hydrogen-bond acceptors (Lipinski definition) is 7. The number of nitrogens with one attached hydrogen (secondary N) is 3. The number of nitrogens with zero attached hydrogens (tertiary/aromatic N) is 2. The Morgan fingerprint density at radius 2 is 2.11 bits per heavy atom. The van der Waals surface area contributed by atoms with Crippen LogP contribution in [0.25, 0.3) is 0 Å². The maximum Gasteiger partial charge on any atom is 0.244 e. The van der Waals surface area contributed by atoms with Gasteiger partial charge >= 0.3 is 0 Å². The molecular formula is C19H33N5O2S. The van der Waals surface area contributed by atoms with Gasteiger partial charge in [-0.25, -0.2) is 0 Å². The van der Waals surface area contributed by atoms with Crippen molar-refractivity contribution in [2.75, 3.05) is 19.3 Å². The van der Waals surface area contributed by atoms with Gasteiger partial charge in [0.1, 0.15) is 5.50 Å². The summed E-state index contributed by atoms with van der Waals surface area (Å²) in [6, 6.07) is 0.0636. The lowest BCUT2D eigenvalue weighted by Crippen LogP contribution is -2.67. The van der Waals surface area contributed by atoms with E-state index in [0.29, 0.717) is 13.1 Å². The molecule has 0 aromatic carbocycles. The lowest BCUT2D eigenvalue weighted by molar-refractivity contribution is -0.146. The van der Waals surface area contributed by atoms with Crippen molar-refractivity contribution in [2.45, 2.75) is 74.9 Å². The highest BCUT2D eigenvalue weighted by atomic mass is 32.2. The molecule has 4 N–H and O–H groups in total. The van der Waals surface area contributed by atoms with Crippen LogP contribution in [0.15, 0.2) is 12.2 Å². The van der Waals surface area contributed by atoms with E-state index in [0.717, 1.165) is 38.5 Å². The molecule has 27 heavy (non-hydrogen) atoms. The fraction of sp³-hybridized carbons (Fsp3) is 0.842. The van der Waals surface area contributed by atoms with Crippen LogP contribution in [0.1, 0.15) is 45.4 Å². The summed E-state index contributed by atoms with van der Waals surface area (Å²) in [7, 11) is 0. The molecule has 152 valence electrons. The highest BCUT2D eigenvalue weighted by molar-refractivity contribution is 7.99. The zero-order valence-electron chi connectivity index (χ0n) is 16.4. The molecule has 0 aliphatic carbocycles. The van der Waals surface area contributed by atoms with Crippen molar-refractivity contribution in [1.29, 1.82) is 0 Å². The third kappa shape index (κ3) is 3.80. The van der Waals surface area contributed by atoms with Crippen LogP contribution in [-0.2, 0) is 4.79 Å². The molecule has 0 spiro atoms. The standard InChI is InChI=1S/C19H33N5O2S/c1-19(26)10-5-3-4-6-11-23-17(25)13-12-20-18(27-2)22-16(13)24(23)15-9-7-8-14(19)21-15/h4,6,13-16,18,20-22,26H,3,5,7-12H2,1-2H3/b6-4-. The molecule has 0 saturated carbocycles. The number of piperidine rings is 1. The van der Waals surface area contributed by atoms with Gasteiger partial charge in [0.2, 0.25) is 5.91 Å². The van der Waals surface area contributed by atoms with Crippen LogP contribution in [0, 0.1) is 5.92 Å². The van der Waals surface area contributed by atoms with Gasteiger partial charge in [0.05, 0.1) is 30.4 Å². The van der Waals surface area contributed by atoms with Crippen LogP contribution in [0.2, 0.25) is 0 Å². The quantitative estimate of drug-likeness (QED) is 0.489. The fourth-order valence-electron chi connectivity index (χ4n) is 4.97. The molecular weight excluding hydrogens is 362 g/mol. The second-order valence-electron chi connectivity index (χ2n) is 8.43. The number of allylic oxidation sites excluding steroid dienone is 1. The third-order valence-corrected chi connectivity index (χ3v) is 7.30. The van der Waals surface area contributed by atoms with Crippen LogP contribution in [0.3, 0.4) is 0 Å². The lowest BCUT2D eigenvalue weighted by Gasteiger charge is -2.47. The second-order valence-corrected chi connectivity index (χ2v) is 9.37. The smallest absolute Gasteiger partial charge is 0.244 e. The van der Waals surface area contributed by atoms with Crippen molar-refractivity contribution in [3.63, 3.8) is 0 Å². The monoisotopic (exact) mass is 395 g/mol. The molecule has 0 radical (unpaired) electrons. The number of carbonyl (C=O) groups is 1. The molecule has 6 atom stereocenters. The minimum atomic E-state index is -0.719. The maximum atomic E-state index is 13.2. The van der Waals surface area contributed by atoms with Crippen molar-refractivity contribution in [1.82, 2.24) is 26.0 Å².